The van der Waals surface area contributed by atoms with Crippen molar-refractivity contribution in [2.24, 2.45) is 0 Å². The third-order valence-electron chi connectivity index (χ3n) is 5.67. The zero-order chi connectivity index (χ0) is 25.1. The first-order valence-corrected chi connectivity index (χ1v) is 10.7. The Bertz CT molecular complexity index is 1010. The van der Waals surface area contributed by atoms with Gasteiger partial charge < -0.3 is 9.80 Å². The smallest absolute Gasteiger partial charge is 0.366 e. The van der Waals surface area contributed by atoms with Crippen LogP contribution in [0.15, 0.2) is 72.8 Å². The number of aryl methyl sites for hydroxylation is 1. The summed E-state index contributed by atoms with van der Waals surface area (Å²) in [5.74, 6) is -0.231. The van der Waals surface area contributed by atoms with Gasteiger partial charge in [0.25, 0.3) is 0 Å². The molecule has 0 heterocycles. The van der Waals surface area contributed by atoms with Gasteiger partial charge in [0.1, 0.15) is 13.1 Å². The van der Waals surface area contributed by atoms with Crippen LogP contribution in [0.25, 0.3) is 0 Å². The van der Waals surface area contributed by atoms with Crippen molar-refractivity contribution in [2.75, 3.05) is 37.0 Å². The largest absolute Gasteiger partial charge is 0.405 e. The Labute approximate surface area is 195 Å². The fourth-order valence-electron chi connectivity index (χ4n) is 4.03. The molecule has 3 aromatic rings. The predicted molar refractivity (Wildman–Crippen MR) is 124 cm³/mol. The fourth-order valence-corrected chi connectivity index (χ4v) is 4.03. The van der Waals surface area contributed by atoms with Crippen LogP contribution in [0.3, 0.4) is 0 Å². The third-order valence-corrected chi connectivity index (χ3v) is 5.67. The highest BCUT2D eigenvalue weighted by Crippen LogP contribution is 2.36. The second-order valence-corrected chi connectivity index (χ2v) is 8.42. The molecule has 0 fully saturated rings. The molecule has 34 heavy (non-hydrogen) atoms. The first-order valence-electron chi connectivity index (χ1n) is 10.7. The van der Waals surface area contributed by atoms with Gasteiger partial charge >= 0.3 is 12.4 Å². The maximum Gasteiger partial charge on any atom is 0.405 e. The normalized spacial score (nSPS) is 12.2. The van der Waals surface area contributed by atoms with Crippen molar-refractivity contribution in [3.05, 3.63) is 95.1 Å². The van der Waals surface area contributed by atoms with Crippen LogP contribution >= 0.6 is 0 Å². The van der Waals surface area contributed by atoms with Crippen molar-refractivity contribution in [1.82, 2.24) is 0 Å². The van der Waals surface area contributed by atoms with E-state index < -0.39 is 25.4 Å². The molecule has 182 valence electrons. The molecular weight excluding hydrogens is 454 g/mol. The van der Waals surface area contributed by atoms with E-state index in [-0.39, 0.29) is 5.92 Å². The topological polar surface area (TPSA) is 6.48 Å². The lowest BCUT2D eigenvalue weighted by atomic mass is 9.83. The Morgan fingerprint density at radius 2 is 1.00 bits per heavy atom. The summed E-state index contributed by atoms with van der Waals surface area (Å²) in [4.78, 5) is 2.27. The highest BCUT2D eigenvalue weighted by molar-refractivity contribution is 5.54. The molecule has 3 aromatic carbocycles. The zero-order valence-corrected chi connectivity index (χ0v) is 19.1. The molecule has 0 unspecified atom stereocenters. The molecule has 0 spiro atoms. The Hall–Kier alpha value is -3.16. The fraction of sp³-hybridized carbons (Fsp3) is 0.308. The summed E-state index contributed by atoms with van der Waals surface area (Å²) in [5, 5.41) is 0. The lowest BCUT2D eigenvalue weighted by molar-refractivity contribution is -0.120. The third kappa shape index (κ3) is 6.68. The van der Waals surface area contributed by atoms with Crippen molar-refractivity contribution < 1.29 is 26.3 Å². The van der Waals surface area contributed by atoms with Crippen LogP contribution in [0, 0.1) is 6.92 Å². The Kier molecular flexibility index (Phi) is 7.48. The zero-order valence-electron chi connectivity index (χ0n) is 19.1. The molecule has 0 aliphatic heterocycles. The van der Waals surface area contributed by atoms with Gasteiger partial charge in [0.05, 0.1) is 0 Å². The van der Waals surface area contributed by atoms with E-state index in [9.17, 15) is 26.3 Å². The molecule has 0 saturated heterocycles. The summed E-state index contributed by atoms with van der Waals surface area (Å²) in [6.45, 7) is -0.139. The first-order chi connectivity index (χ1) is 15.8. The van der Waals surface area contributed by atoms with Gasteiger partial charge in [-0.05, 0) is 53.4 Å². The molecule has 0 bridgehead atoms. The molecular formula is C26H26F6N2. The summed E-state index contributed by atoms with van der Waals surface area (Å²) in [6.07, 6.45) is -8.61. The average Bonchev–Trinajstić information content (AvgIpc) is 2.74. The summed E-state index contributed by atoms with van der Waals surface area (Å²) < 4.78 is 76.6. The predicted octanol–water partition coefficient (Wildman–Crippen LogP) is 7.17. The summed E-state index contributed by atoms with van der Waals surface area (Å²) >= 11 is 0. The van der Waals surface area contributed by atoms with Crippen molar-refractivity contribution in [3.63, 3.8) is 0 Å². The Morgan fingerprint density at radius 1 is 0.618 bits per heavy atom. The molecule has 3 rings (SSSR count). The van der Waals surface area contributed by atoms with E-state index in [0.29, 0.717) is 11.4 Å². The molecule has 0 aliphatic carbocycles. The number of halogens is 6. The highest BCUT2D eigenvalue weighted by Gasteiger charge is 2.30. The molecule has 8 heteroatoms. The second kappa shape index (κ2) is 9.99. The lowest BCUT2D eigenvalue weighted by Crippen LogP contribution is -2.30. The van der Waals surface area contributed by atoms with Crippen molar-refractivity contribution in [3.8, 4) is 0 Å². The Morgan fingerprint density at radius 3 is 1.35 bits per heavy atom. The van der Waals surface area contributed by atoms with E-state index in [1.54, 1.807) is 48.5 Å². The number of nitrogens with zero attached hydrogens (tertiary/aromatic N) is 2. The van der Waals surface area contributed by atoms with Crippen LogP contribution < -0.4 is 9.80 Å². The Balaban J connectivity index is 1.95. The van der Waals surface area contributed by atoms with Gasteiger partial charge in [-0.15, -0.1) is 0 Å². The van der Waals surface area contributed by atoms with Crippen molar-refractivity contribution in [1.29, 1.82) is 0 Å². The maximum atomic E-state index is 12.8. The standard InChI is InChI=1S/C26H26F6N2/c1-18-6-4-5-7-23(18)24(19-8-12-21(13-9-19)33(2)16-25(27,28)29)20-10-14-22(15-11-20)34(3)17-26(30,31)32/h4-15,24H,16-17H2,1-3H3. The average molecular weight is 480 g/mol. The minimum atomic E-state index is -4.31. The molecule has 2 nitrogen and oxygen atoms in total. The molecule has 0 radical (unpaired) electrons. The van der Waals surface area contributed by atoms with E-state index in [0.717, 1.165) is 32.1 Å². The SMILES string of the molecule is Cc1ccccc1C(c1ccc(N(C)CC(F)(F)F)cc1)c1ccc(N(C)CC(F)(F)F)cc1. The number of alkyl halides is 6. The van der Waals surface area contributed by atoms with Crippen LogP contribution in [-0.4, -0.2) is 39.5 Å². The summed E-state index contributed by atoms with van der Waals surface area (Å²) in [6, 6.07) is 21.6. The minimum absolute atomic E-state index is 0.231. The van der Waals surface area contributed by atoms with E-state index >= 15 is 0 Å². The van der Waals surface area contributed by atoms with E-state index in [1.807, 2.05) is 31.2 Å². The van der Waals surface area contributed by atoms with E-state index in [2.05, 4.69) is 0 Å². The van der Waals surface area contributed by atoms with Crippen LogP contribution in [0.2, 0.25) is 0 Å². The monoisotopic (exact) mass is 480 g/mol. The lowest BCUT2D eigenvalue weighted by Gasteiger charge is -2.25. The van der Waals surface area contributed by atoms with Gasteiger partial charge in [-0.1, -0.05) is 48.5 Å². The first kappa shape index (κ1) is 25.5. The number of hydrogen-bond donors (Lipinski definition) is 0. The molecule has 0 aliphatic rings. The summed E-state index contributed by atoms with van der Waals surface area (Å²) in [5.41, 5.74) is 4.66. The van der Waals surface area contributed by atoms with Crippen molar-refractivity contribution in [2.45, 2.75) is 25.2 Å². The van der Waals surface area contributed by atoms with Crippen molar-refractivity contribution >= 4 is 11.4 Å². The van der Waals surface area contributed by atoms with Gasteiger partial charge in [0.15, 0.2) is 0 Å². The minimum Gasteiger partial charge on any atom is -0.366 e. The number of benzene rings is 3. The van der Waals surface area contributed by atoms with Gasteiger partial charge in [0.2, 0.25) is 0 Å². The maximum absolute atomic E-state index is 12.8. The van der Waals surface area contributed by atoms with E-state index in [4.69, 9.17) is 0 Å². The molecule has 0 atom stereocenters. The quantitative estimate of drug-likeness (QED) is 0.261. The van der Waals surface area contributed by atoms with Crippen LogP contribution in [0.1, 0.15) is 28.2 Å². The van der Waals surface area contributed by atoms with Gasteiger partial charge in [-0.2, -0.15) is 26.3 Å². The molecule has 0 saturated carbocycles. The molecule has 0 amide bonds. The summed E-state index contributed by atoms with van der Waals surface area (Å²) in [7, 11) is 2.77. The van der Waals surface area contributed by atoms with Crippen LogP contribution in [0.5, 0.6) is 0 Å². The van der Waals surface area contributed by atoms with Gasteiger partial charge in [0, 0.05) is 31.4 Å². The number of hydrogen-bond acceptors (Lipinski definition) is 2. The molecule has 0 aromatic heterocycles. The van der Waals surface area contributed by atoms with Crippen LogP contribution in [0.4, 0.5) is 37.7 Å². The highest BCUT2D eigenvalue weighted by atomic mass is 19.4. The second-order valence-electron chi connectivity index (χ2n) is 8.42. The van der Waals surface area contributed by atoms with Gasteiger partial charge in [-0.25, -0.2) is 0 Å². The van der Waals surface area contributed by atoms with E-state index in [1.165, 1.54) is 14.1 Å². The number of anilines is 2. The van der Waals surface area contributed by atoms with Gasteiger partial charge in [-0.3, -0.25) is 0 Å². The van der Waals surface area contributed by atoms with Crippen LogP contribution in [-0.2, 0) is 0 Å². The molecule has 0 N–H and O–H groups in total. The number of rotatable bonds is 7.